The molecule has 0 fully saturated rings. The number of carbonyl (C=O) groups is 1. The van der Waals surface area contributed by atoms with Crippen LogP contribution in [0, 0.1) is 6.92 Å². The summed E-state index contributed by atoms with van der Waals surface area (Å²) in [6.07, 6.45) is 0. The molecule has 1 aromatic carbocycles. The van der Waals surface area contributed by atoms with E-state index in [1.165, 1.54) is 11.3 Å². The number of nitrogens with one attached hydrogen (secondary N) is 2. The molecule has 2 rings (SSSR count). The Kier molecular flexibility index (Phi) is 7.60. The van der Waals surface area contributed by atoms with Gasteiger partial charge in [0.25, 0.3) is 0 Å². The first-order chi connectivity index (χ1) is 13.0. The number of aliphatic imine (C=N–C) groups is 1. The van der Waals surface area contributed by atoms with Crippen molar-refractivity contribution in [1.82, 2.24) is 15.6 Å². The minimum atomic E-state index is -0.329. The molecule has 1 atom stereocenters. The molecule has 146 valence electrons. The van der Waals surface area contributed by atoms with Crippen molar-refractivity contribution in [1.29, 1.82) is 0 Å². The zero-order valence-electron chi connectivity index (χ0n) is 16.3. The number of nitrogens with zero attached hydrogens (tertiary/aromatic N) is 2. The van der Waals surface area contributed by atoms with Gasteiger partial charge in [0.05, 0.1) is 25.5 Å². The van der Waals surface area contributed by atoms with Gasteiger partial charge in [-0.1, -0.05) is 18.2 Å². The van der Waals surface area contributed by atoms with Crippen LogP contribution in [0.3, 0.4) is 0 Å². The Morgan fingerprint density at radius 2 is 2.11 bits per heavy atom. The van der Waals surface area contributed by atoms with Crippen LogP contribution < -0.4 is 15.4 Å². The summed E-state index contributed by atoms with van der Waals surface area (Å²) < 4.78 is 10.4. The second-order valence-corrected chi connectivity index (χ2v) is 6.82. The van der Waals surface area contributed by atoms with Gasteiger partial charge in [-0.15, -0.1) is 11.3 Å². The largest absolute Gasteiger partial charge is 0.496 e. The van der Waals surface area contributed by atoms with Gasteiger partial charge in [0.2, 0.25) is 0 Å². The first-order valence-corrected chi connectivity index (χ1v) is 9.55. The van der Waals surface area contributed by atoms with Crippen molar-refractivity contribution >= 4 is 23.3 Å². The fourth-order valence-corrected chi connectivity index (χ4v) is 3.44. The maximum atomic E-state index is 12.0. The summed E-state index contributed by atoms with van der Waals surface area (Å²) in [5.74, 6) is 1.13. The maximum Gasteiger partial charge on any atom is 0.350 e. The smallest absolute Gasteiger partial charge is 0.350 e. The number of methoxy groups -OCH3 is 1. The van der Waals surface area contributed by atoms with Gasteiger partial charge in [-0.3, -0.25) is 4.99 Å². The zero-order valence-corrected chi connectivity index (χ0v) is 17.1. The number of ether oxygens (including phenoxy) is 2. The molecule has 0 amide bonds. The third-order valence-corrected chi connectivity index (χ3v) is 5.18. The average Bonchev–Trinajstić information content (AvgIpc) is 3.07. The van der Waals surface area contributed by atoms with Crippen molar-refractivity contribution in [3.8, 4) is 5.75 Å². The number of rotatable bonds is 7. The maximum absolute atomic E-state index is 12.0. The molecule has 0 aliphatic heterocycles. The molecule has 0 saturated carbocycles. The topological polar surface area (TPSA) is 84.8 Å². The van der Waals surface area contributed by atoms with E-state index in [9.17, 15) is 4.79 Å². The monoisotopic (exact) mass is 390 g/mol. The second kappa shape index (κ2) is 9.91. The number of benzene rings is 1. The lowest BCUT2D eigenvalue weighted by molar-refractivity contribution is 0.0531. The lowest BCUT2D eigenvalue weighted by atomic mass is 10.2. The van der Waals surface area contributed by atoms with E-state index in [-0.39, 0.29) is 12.0 Å². The lowest BCUT2D eigenvalue weighted by Gasteiger charge is -2.17. The number of hydrogen-bond donors (Lipinski definition) is 2. The van der Waals surface area contributed by atoms with Crippen LogP contribution in [0.5, 0.6) is 5.75 Å². The number of aromatic nitrogens is 1. The Morgan fingerprint density at radius 3 is 2.78 bits per heavy atom. The molecule has 0 spiro atoms. The van der Waals surface area contributed by atoms with Gasteiger partial charge in [0.15, 0.2) is 5.96 Å². The molecule has 0 radical (unpaired) electrons. The summed E-state index contributed by atoms with van der Waals surface area (Å²) in [5.41, 5.74) is 1.71. The Morgan fingerprint density at radius 1 is 1.37 bits per heavy atom. The van der Waals surface area contributed by atoms with Crippen molar-refractivity contribution in [3.63, 3.8) is 0 Å². The van der Waals surface area contributed by atoms with Crippen molar-refractivity contribution in [2.24, 2.45) is 4.99 Å². The van der Waals surface area contributed by atoms with Crippen molar-refractivity contribution in [2.75, 3.05) is 20.8 Å². The van der Waals surface area contributed by atoms with Crippen LogP contribution in [-0.2, 0) is 11.3 Å². The molecule has 1 aromatic heterocycles. The Hall–Kier alpha value is -2.61. The summed E-state index contributed by atoms with van der Waals surface area (Å²) in [4.78, 5) is 21.3. The first kappa shape index (κ1) is 20.7. The first-order valence-electron chi connectivity index (χ1n) is 8.73. The number of carbonyl (C=O) groups excluding carboxylic acids is 1. The summed E-state index contributed by atoms with van der Waals surface area (Å²) in [6, 6.07) is 7.71. The molecule has 0 aliphatic rings. The van der Waals surface area contributed by atoms with Crippen molar-refractivity contribution in [2.45, 2.75) is 33.4 Å². The van der Waals surface area contributed by atoms with Gasteiger partial charge in [-0.05, 0) is 26.8 Å². The van der Waals surface area contributed by atoms with E-state index in [1.54, 1.807) is 21.1 Å². The molecule has 1 heterocycles. The third kappa shape index (κ3) is 5.43. The number of guanidine groups is 1. The number of thiazole rings is 1. The summed E-state index contributed by atoms with van der Waals surface area (Å²) >= 11 is 1.34. The third-order valence-electron chi connectivity index (χ3n) is 3.86. The lowest BCUT2D eigenvalue weighted by Crippen LogP contribution is -2.38. The number of esters is 1. The molecule has 8 heteroatoms. The predicted octanol–water partition coefficient (Wildman–Crippen LogP) is 3.06. The van der Waals surface area contributed by atoms with Gasteiger partial charge in [-0.2, -0.15) is 0 Å². The highest BCUT2D eigenvalue weighted by Gasteiger charge is 2.20. The number of para-hydroxylation sites is 1. The van der Waals surface area contributed by atoms with Gasteiger partial charge in [0.1, 0.15) is 15.6 Å². The molecule has 0 bridgehead atoms. The minimum absolute atomic E-state index is 0.110. The zero-order chi connectivity index (χ0) is 19.8. The van der Waals surface area contributed by atoms with E-state index in [1.807, 2.05) is 38.1 Å². The van der Waals surface area contributed by atoms with Crippen LogP contribution in [-0.4, -0.2) is 37.7 Å². The SMILES string of the molecule is CCOC(=O)c1sc(C(C)NC(=NC)NCc2ccccc2OC)nc1C. The highest BCUT2D eigenvalue weighted by Crippen LogP contribution is 2.24. The van der Waals surface area contributed by atoms with Crippen LogP contribution in [0.2, 0.25) is 0 Å². The molecule has 1 unspecified atom stereocenters. The standard InChI is InChI=1S/C19H26N4O3S/c1-6-26-18(24)16-12(2)22-17(27-16)13(3)23-19(20-4)21-11-14-9-7-8-10-15(14)25-5/h7-10,13H,6,11H2,1-5H3,(H2,20,21,23). The van der Waals surface area contributed by atoms with E-state index in [0.717, 1.165) is 16.3 Å². The van der Waals surface area contributed by atoms with E-state index < -0.39 is 0 Å². The molecular formula is C19H26N4O3S. The molecule has 2 aromatic rings. The quantitative estimate of drug-likeness (QED) is 0.429. The van der Waals surface area contributed by atoms with Crippen LogP contribution in [0.15, 0.2) is 29.3 Å². The molecule has 2 N–H and O–H groups in total. The van der Waals surface area contributed by atoms with Crippen LogP contribution in [0.4, 0.5) is 0 Å². The summed E-state index contributed by atoms with van der Waals surface area (Å²) in [5, 5.41) is 7.37. The molecule has 27 heavy (non-hydrogen) atoms. The van der Waals surface area contributed by atoms with Gasteiger partial charge >= 0.3 is 5.97 Å². The normalized spacial score (nSPS) is 12.4. The molecular weight excluding hydrogens is 364 g/mol. The van der Waals surface area contributed by atoms with Gasteiger partial charge in [0, 0.05) is 19.2 Å². The minimum Gasteiger partial charge on any atom is -0.496 e. The van der Waals surface area contributed by atoms with Gasteiger partial charge in [-0.25, -0.2) is 9.78 Å². The Labute approximate surface area is 163 Å². The highest BCUT2D eigenvalue weighted by molar-refractivity contribution is 7.13. The number of hydrogen-bond acceptors (Lipinski definition) is 6. The average molecular weight is 391 g/mol. The molecule has 0 aliphatic carbocycles. The van der Waals surface area contributed by atoms with E-state index in [4.69, 9.17) is 9.47 Å². The van der Waals surface area contributed by atoms with Gasteiger partial charge < -0.3 is 20.1 Å². The van der Waals surface area contributed by atoms with E-state index in [2.05, 4.69) is 20.6 Å². The highest BCUT2D eigenvalue weighted by atomic mass is 32.1. The Bertz CT molecular complexity index is 804. The molecule has 7 nitrogen and oxygen atoms in total. The van der Waals surface area contributed by atoms with E-state index in [0.29, 0.717) is 29.7 Å². The fraction of sp³-hybridized carbons (Fsp3) is 0.421. The van der Waals surface area contributed by atoms with Crippen molar-refractivity contribution in [3.05, 3.63) is 45.4 Å². The molecule has 0 saturated heterocycles. The second-order valence-electron chi connectivity index (χ2n) is 5.79. The van der Waals surface area contributed by atoms with Crippen LogP contribution in [0.1, 0.15) is 45.8 Å². The number of aryl methyl sites for hydroxylation is 1. The van der Waals surface area contributed by atoms with E-state index >= 15 is 0 Å². The van der Waals surface area contributed by atoms with Crippen LogP contribution in [0.25, 0.3) is 0 Å². The van der Waals surface area contributed by atoms with Crippen LogP contribution >= 0.6 is 11.3 Å². The van der Waals surface area contributed by atoms with Crippen molar-refractivity contribution < 1.29 is 14.3 Å². The summed E-state index contributed by atoms with van der Waals surface area (Å²) in [7, 11) is 3.36. The fourth-order valence-electron chi connectivity index (χ4n) is 2.48. The predicted molar refractivity (Wildman–Crippen MR) is 108 cm³/mol. The Balaban J connectivity index is 2.02. The summed E-state index contributed by atoms with van der Waals surface area (Å²) in [6.45, 7) is 6.49.